The smallest absolute Gasteiger partial charge is 0.261 e. The first-order valence-electron chi connectivity index (χ1n) is 7.00. The standard InChI is InChI=1S/C15H21ClN2O2.ClH/c1-10-5-6-13(16)14(8-10)20-11(2)15(19)18-12-4-3-7-17-9-12;/h5-6,8,11-12,17H,3-4,7,9H2,1-2H3,(H,18,19);1H/t11?,12-;/m0./s1. The fraction of sp³-hybridized carbons (Fsp3) is 0.533. The van der Waals surface area contributed by atoms with E-state index in [1.165, 1.54) is 0 Å². The summed E-state index contributed by atoms with van der Waals surface area (Å²) in [6, 6.07) is 5.72. The van der Waals surface area contributed by atoms with Crippen molar-refractivity contribution in [2.45, 2.75) is 38.8 Å². The molecular weight excluding hydrogens is 311 g/mol. The zero-order valence-corrected chi connectivity index (χ0v) is 13.9. The molecule has 1 aliphatic heterocycles. The summed E-state index contributed by atoms with van der Waals surface area (Å²) < 4.78 is 5.66. The normalized spacial score (nSPS) is 19.3. The summed E-state index contributed by atoms with van der Waals surface area (Å²) in [7, 11) is 0. The van der Waals surface area contributed by atoms with E-state index in [0.717, 1.165) is 31.5 Å². The zero-order chi connectivity index (χ0) is 14.5. The number of hydrogen-bond acceptors (Lipinski definition) is 3. The highest BCUT2D eigenvalue weighted by molar-refractivity contribution is 6.32. The van der Waals surface area contributed by atoms with E-state index in [0.29, 0.717) is 10.8 Å². The van der Waals surface area contributed by atoms with Gasteiger partial charge in [-0.3, -0.25) is 4.79 Å². The third-order valence-corrected chi connectivity index (χ3v) is 3.72. The lowest BCUT2D eigenvalue weighted by Gasteiger charge is -2.25. The summed E-state index contributed by atoms with van der Waals surface area (Å²) in [5.41, 5.74) is 1.05. The number of piperidine rings is 1. The first-order chi connectivity index (χ1) is 9.56. The molecule has 0 saturated carbocycles. The molecule has 6 heteroatoms. The van der Waals surface area contributed by atoms with E-state index >= 15 is 0 Å². The molecule has 1 amide bonds. The van der Waals surface area contributed by atoms with E-state index in [1.807, 2.05) is 19.1 Å². The van der Waals surface area contributed by atoms with Crippen molar-refractivity contribution in [3.63, 3.8) is 0 Å². The number of hydrogen-bond donors (Lipinski definition) is 2. The van der Waals surface area contributed by atoms with Gasteiger partial charge in [0.2, 0.25) is 0 Å². The Morgan fingerprint density at radius 2 is 2.29 bits per heavy atom. The van der Waals surface area contributed by atoms with Crippen molar-refractivity contribution in [3.05, 3.63) is 28.8 Å². The van der Waals surface area contributed by atoms with Crippen LogP contribution in [0.5, 0.6) is 5.75 Å². The van der Waals surface area contributed by atoms with Crippen LogP contribution >= 0.6 is 24.0 Å². The van der Waals surface area contributed by atoms with E-state index < -0.39 is 6.10 Å². The van der Waals surface area contributed by atoms with Gasteiger partial charge in [-0.15, -0.1) is 12.4 Å². The van der Waals surface area contributed by atoms with Gasteiger partial charge >= 0.3 is 0 Å². The van der Waals surface area contributed by atoms with Crippen molar-refractivity contribution in [2.75, 3.05) is 13.1 Å². The van der Waals surface area contributed by atoms with Crippen molar-refractivity contribution in [3.8, 4) is 5.75 Å². The summed E-state index contributed by atoms with van der Waals surface area (Å²) in [5.74, 6) is 0.451. The first-order valence-corrected chi connectivity index (χ1v) is 7.38. The van der Waals surface area contributed by atoms with E-state index in [9.17, 15) is 4.79 Å². The van der Waals surface area contributed by atoms with Crippen LogP contribution in [0.2, 0.25) is 5.02 Å². The Hall–Kier alpha value is -0.970. The maximum Gasteiger partial charge on any atom is 0.261 e. The fourth-order valence-corrected chi connectivity index (χ4v) is 2.40. The quantitative estimate of drug-likeness (QED) is 0.891. The van der Waals surface area contributed by atoms with Crippen molar-refractivity contribution in [1.82, 2.24) is 10.6 Å². The van der Waals surface area contributed by atoms with Gasteiger partial charge in [-0.05, 0) is 50.9 Å². The maximum absolute atomic E-state index is 12.1. The number of rotatable bonds is 4. The van der Waals surface area contributed by atoms with Gasteiger partial charge in [-0.2, -0.15) is 0 Å². The number of carbonyl (C=O) groups excluding carboxylic acids is 1. The maximum atomic E-state index is 12.1. The van der Waals surface area contributed by atoms with Gasteiger partial charge in [0, 0.05) is 12.6 Å². The van der Waals surface area contributed by atoms with Crippen LogP contribution in [-0.2, 0) is 4.79 Å². The minimum absolute atomic E-state index is 0. The second-order valence-corrected chi connectivity index (χ2v) is 5.65. The SMILES string of the molecule is Cc1ccc(Cl)c(OC(C)C(=O)N[C@H]2CCCNC2)c1.Cl. The molecule has 0 aromatic heterocycles. The van der Waals surface area contributed by atoms with Crippen molar-refractivity contribution in [1.29, 1.82) is 0 Å². The number of benzene rings is 1. The molecule has 1 fully saturated rings. The summed E-state index contributed by atoms with van der Waals surface area (Å²) in [6.07, 6.45) is 1.54. The van der Waals surface area contributed by atoms with Crippen molar-refractivity contribution < 1.29 is 9.53 Å². The van der Waals surface area contributed by atoms with Crippen molar-refractivity contribution in [2.24, 2.45) is 0 Å². The minimum Gasteiger partial charge on any atom is -0.479 e. The van der Waals surface area contributed by atoms with Gasteiger partial charge in [0.05, 0.1) is 5.02 Å². The molecule has 2 N–H and O–H groups in total. The third kappa shape index (κ3) is 5.38. The number of halogens is 2. The average Bonchev–Trinajstić information content (AvgIpc) is 2.44. The Morgan fingerprint density at radius 3 is 2.95 bits per heavy atom. The fourth-order valence-electron chi connectivity index (χ4n) is 2.24. The molecule has 0 radical (unpaired) electrons. The van der Waals surface area contributed by atoms with E-state index in [-0.39, 0.29) is 24.4 Å². The van der Waals surface area contributed by atoms with Gasteiger partial charge in [0.25, 0.3) is 5.91 Å². The molecule has 0 spiro atoms. The van der Waals surface area contributed by atoms with Gasteiger partial charge in [0.15, 0.2) is 6.10 Å². The topological polar surface area (TPSA) is 50.4 Å². The second kappa shape index (κ2) is 8.47. The molecule has 2 rings (SSSR count). The first kappa shape index (κ1) is 18.1. The lowest BCUT2D eigenvalue weighted by molar-refractivity contribution is -0.128. The molecule has 0 bridgehead atoms. The molecule has 118 valence electrons. The highest BCUT2D eigenvalue weighted by atomic mass is 35.5. The third-order valence-electron chi connectivity index (χ3n) is 3.40. The molecule has 1 saturated heterocycles. The predicted molar refractivity (Wildman–Crippen MR) is 87.6 cm³/mol. The molecule has 1 aromatic carbocycles. The Labute approximate surface area is 137 Å². The zero-order valence-electron chi connectivity index (χ0n) is 12.3. The highest BCUT2D eigenvalue weighted by Crippen LogP contribution is 2.26. The molecule has 21 heavy (non-hydrogen) atoms. The van der Waals surface area contributed by atoms with Crippen LogP contribution in [0, 0.1) is 6.92 Å². The van der Waals surface area contributed by atoms with Crippen LogP contribution in [-0.4, -0.2) is 31.1 Å². The molecule has 1 aromatic rings. The van der Waals surface area contributed by atoms with Crippen LogP contribution in [0.15, 0.2) is 18.2 Å². The summed E-state index contributed by atoms with van der Waals surface area (Å²) in [6.45, 7) is 5.55. The Kier molecular flexibility index (Phi) is 7.29. The summed E-state index contributed by atoms with van der Waals surface area (Å²) in [4.78, 5) is 12.1. The molecule has 0 aliphatic carbocycles. The van der Waals surface area contributed by atoms with Crippen molar-refractivity contribution >= 4 is 29.9 Å². The van der Waals surface area contributed by atoms with E-state index in [1.54, 1.807) is 13.0 Å². The number of amides is 1. The average molecular weight is 333 g/mol. The largest absolute Gasteiger partial charge is 0.479 e. The summed E-state index contributed by atoms with van der Waals surface area (Å²) >= 11 is 6.07. The lowest BCUT2D eigenvalue weighted by atomic mass is 10.1. The number of ether oxygens (including phenoxy) is 1. The molecule has 2 atom stereocenters. The molecule has 1 aliphatic rings. The molecule has 4 nitrogen and oxygen atoms in total. The van der Waals surface area contributed by atoms with Gasteiger partial charge in [-0.1, -0.05) is 17.7 Å². The number of carbonyl (C=O) groups is 1. The van der Waals surface area contributed by atoms with Gasteiger partial charge in [-0.25, -0.2) is 0 Å². The Bertz CT molecular complexity index is 477. The lowest BCUT2D eigenvalue weighted by Crippen LogP contribution is -2.49. The van der Waals surface area contributed by atoms with Crippen LogP contribution < -0.4 is 15.4 Å². The molecular formula is C15H22Cl2N2O2. The number of aryl methyl sites for hydroxylation is 1. The highest BCUT2D eigenvalue weighted by Gasteiger charge is 2.21. The summed E-state index contributed by atoms with van der Waals surface area (Å²) in [5, 5.41) is 6.79. The molecule has 1 unspecified atom stereocenters. The van der Waals surface area contributed by atoms with Crippen LogP contribution in [0.25, 0.3) is 0 Å². The van der Waals surface area contributed by atoms with Gasteiger partial charge in [0.1, 0.15) is 5.75 Å². The predicted octanol–water partition coefficient (Wildman–Crippen LogP) is 2.71. The number of nitrogens with one attached hydrogen (secondary N) is 2. The van der Waals surface area contributed by atoms with Crippen LogP contribution in [0.3, 0.4) is 0 Å². The van der Waals surface area contributed by atoms with Crippen LogP contribution in [0.4, 0.5) is 0 Å². The molecule has 1 heterocycles. The second-order valence-electron chi connectivity index (χ2n) is 5.25. The van der Waals surface area contributed by atoms with Crippen LogP contribution in [0.1, 0.15) is 25.3 Å². The van der Waals surface area contributed by atoms with Gasteiger partial charge < -0.3 is 15.4 Å². The van der Waals surface area contributed by atoms with E-state index in [2.05, 4.69) is 10.6 Å². The van der Waals surface area contributed by atoms with E-state index in [4.69, 9.17) is 16.3 Å². The minimum atomic E-state index is -0.559. The Morgan fingerprint density at radius 1 is 1.52 bits per heavy atom. The monoisotopic (exact) mass is 332 g/mol. The Balaban J connectivity index is 0.00000220.